The number of hydrogen-bond acceptors (Lipinski definition) is 7. The second-order valence-corrected chi connectivity index (χ2v) is 7.04. The van der Waals surface area contributed by atoms with Crippen LogP contribution < -0.4 is 10.1 Å². The van der Waals surface area contributed by atoms with Crippen LogP contribution in [0.1, 0.15) is 16.8 Å². The molecule has 0 saturated carbocycles. The zero-order chi connectivity index (χ0) is 21.4. The lowest BCUT2D eigenvalue weighted by Gasteiger charge is -2.13. The molecular formula is C21H18FN7O2. The van der Waals surface area contributed by atoms with Crippen LogP contribution >= 0.6 is 0 Å². The van der Waals surface area contributed by atoms with Gasteiger partial charge in [0.15, 0.2) is 11.3 Å². The van der Waals surface area contributed by atoms with Gasteiger partial charge < -0.3 is 15.2 Å². The Kier molecular flexibility index (Phi) is 4.72. The first-order valence-corrected chi connectivity index (χ1v) is 9.77. The smallest absolute Gasteiger partial charge is 0.208 e. The van der Waals surface area contributed by atoms with Crippen molar-refractivity contribution in [2.75, 3.05) is 18.5 Å². The van der Waals surface area contributed by atoms with E-state index in [1.54, 1.807) is 39.8 Å². The summed E-state index contributed by atoms with van der Waals surface area (Å²) < 4.78 is 23.3. The zero-order valence-electron chi connectivity index (χ0n) is 16.4. The van der Waals surface area contributed by atoms with E-state index in [-0.39, 0.29) is 24.7 Å². The number of imidazole rings is 1. The number of anilines is 1. The largest absolute Gasteiger partial charge is 0.493 e. The third-order valence-corrected chi connectivity index (χ3v) is 5.27. The van der Waals surface area contributed by atoms with Crippen molar-refractivity contribution in [3.63, 3.8) is 0 Å². The highest BCUT2D eigenvalue weighted by molar-refractivity contribution is 5.76. The minimum Gasteiger partial charge on any atom is -0.493 e. The first-order chi connectivity index (χ1) is 15.2. The van der Waals surface area contributed by atoms with Crippen LogP contribution in [0.3, 0.4) is 0 Å². The summed E-state index contributed by atoms with van der Waals surface area (Å²) in [6, 6.07) is 6.89. The van der Waals surface area contributed by atoms with E-state index in [9.17, 15) is 14.8 Å². The third kappa shape index (κ3) is 3.25. The first kappa shape index (κ1) is 19.0. The summed E-state index contributed by atoms with van der Waals surface area (Å²) in [7, 11) is 0. The molecule has 4 heterocycles. The Morgan fingerprint density at radius 1 is 1.32 bits per heavy atom. The first-order valence-electron chi connectivity index (χ1n) is 9.77. The number of fused-ring (bicyclic) bond motifs is 2. The molecular weight excluding hydrogens is 401 g/mol. The van der Waals surface area contributed by atoms with Gasteiger partial charge in [0.2, 0.25) is 5.95 Å². The summed E-state index contributed by atoms with van der Waals surface area (Å²) in [5.41, 5.74) is 3.52. The minimum atomic E-state index is -0.305. The average Bonchev–Trinajstić information content (AvgIpc) is 3.52. The van der Waals surface area contributed by atoms with Gasteiger partial charge in [0, 0.05) is 36.5 Å². The molecule has 1 aromatic carbocycles. The molecule has 2 N–H and O–H groups in total. The molecule has 10 heteroatoms. The van der Waals surface area contributed by atoms with E-state index in [1.165, 1.54) is 6.07 Å². The summed E-state index contributed by atoms with van der Waals surface area (Å²) in [5.74, 6) is 0.830. The lowest BCUT2D eigenvalue weighted by atomic mass is 10.0. The number of nitriles is 1. The highest BCUT2D eigenvalue weighted by Crippen LogP contribution is 2.31. The molecule has 1 aliphatic rings. The molecule has 4 aromatic rings. The second kappa shape index (κ2) is 7.70. The Labute approximate surface area is 176 Å². The van der Waals surface area contributed by atoms with Gasteiger partial charge in [-0.1, -0.05) is 0 Å². The van der Waals surface area contributed by atoms with Gasteiger partial charge in [-0.15, -0.1) is 0 Å². The summed E-state index contributed by atoms with van der Waals surface area (Å²) in [6.07, 6.45) is 5.49. The molecule has 0 amide bonds. The Morgan fingerprint density at radius 3 is 3.06 bits per heavy atom. The van der Waals surface area contributed by atoms with Crippen molar-refractivity contribution >= 4 is 11.6 Å². The number of aliphatic hydroxyl groups is 1. The number of hydrogen-bond donors (Lipinski definition) is 2. The number of benzene rings is 1. The van der Waals surface area contributed by atoms with Gasteiger partial charge in [-0.05, 0) is 18.2 Å². The summed E-state index contributed by atoms with van der Waals surface area (Å²) in [6.45, 7) is 1.01. The van der Waals surface area contributed by atoms with Crippen molar-refractivity contribution in [1.82, 2.24) is 24.1 Å². The highest BCUT2D eigenvalue weighted by atomic mass is 19.1. The standard InChI is InChI=1S/C21H18FN7O2/c22-17-1-2-19-14(4-8-31-19)15(17)10-24-21-25-11-16(18-3-5-26-29(18)6-7-30)20-27-13(9-23)12-28(20)21/h1-3,5,11-12,30H,4,6-8,10H2,(H,24,25). The van der Waals surface area contributed by atoms with Crippen molar-refractivity contribution in [2.45, 2.75) is 19.5 Å². The maximum Gasteiger partial charge on any atom is 0.208 e. The number of ether oxygens (including phenoxy) is 1. The molecule has 3 aromatic heterocycles. The minimum absolute atomic E-state index is 0.0629. The predicted octanol–water partition coefficient (Wildman–Crippen LogP) is 2.14. The molecule has 0 fully saturated rings. The van der Waals surface area contributed by atoms with Gasteiger partial charge >= 0.3 is 0 Å². The van der Waals surface area contributed by atoms with Gasteiger partial charge in [0.05, 0.1) is 37.2 Å². The van der Waals surface area contributed by atoms with Gasteiger partial charge in [-0.2, -0.15) is 10.4 Å². The van der Waals surface area contributed by atoms with Crippen LogP contribution in [-0.4, -0.2) is 42.5 Å². The quantitative estimate of drug-likeness (QED) is 0.492. The van der Waals surface area contributed by atoms with Crippen LogP contribution in [0.5, 0.6) is 5.75 Å². The van der Waals surface area contributed by atoms with Crippen LogP contribution in [-0.2, 0) is 19.5 Å². The van der Waals surface area contributed by atoms with E-state index in [1.807, 2.05) is 6.07 Å². The normalized spacial score (nSPS) is 12.5. The fourth-order valence-electron chi connectivity index (χ4n) is 3.85. The number of nitrogens with zero attached hydrogens (tertiary/aromatic N) is 6. The lowest BCUT2D eigenvalue weighted by Crippen LogP contribution is -2.10. The fraction of sp³-hybridized carbons (Fsp3) is 0.238. The second-order valence-electron chi connectivity index (χ2n) is 7.04. The van der Waals surface area contributed by atoms with Crippen LogP contribution in [0.15, 0.2) is 36.8 Å². The average molecular weight is 419 g/mol. The highest BCUT2D eigenvalue weighted by Gasteiger charge is 2.20. The fourth-order valence-corrected chi connectivity index (χ4v) is 3.85. The van der Waals surface area contributed by atoms with Crippen LogP contribution in [0.4, 0.5) is 10.3 Å². The van der Waals surface area contributed by atoms with Gasteiger partial charge in [-0.3, -0.25) is 9.08 Å². The summed E-state index contributed by atoms with van der Waals surface area (Å²) in [4.78, 5) is 8.90. The van der Waals surface area contributed by atoms with E-state index in [0.717, 1.165) is 11.3 Å². The summed E-state index contributed by atoms with van der Waals surface area (Å²) in [5, 5.41) is 26.0. The van der Waals surface area contributed by atoms with Crippen LogP contribution in [0.2, 0.25) is 0 Å². The number of aromatic nitrogens is 5. The Balaban J connectivity index is 1.54. The molecule has 0 bridgehead atoms. The van der Waals surface area contributed by atoms with Crippen molar-refractivity contribution in [3.8, 4) is 23.1 Å². The molecule has 1 aliphatic heterocycles. The number of halogens is 1. The van der Waals surface area contributed by atoms with Gasteiger partial charge in [0.25, 0.3) is 0 Å². The van der Waals surface area contributed by atoms with Gasteiger partial charge in [-0.25, -0.2) is 14.4 Å². The molecule has 0 aliphatic carbocycles. The molecule has 5 rings (SSSR count). The van der Waals surface area contributed by atoms with Crippen LogP contribution in [0.25, 0.3) is 16.9 Å². The Hall–Kier alpha value is -3.97. The maximum atomic E-state index is 14.5. The van der Waals surface area contributed by atoms with E-state index in [2.05, 4.69) is 20.4 Å². The lowest BCUT2D eigenvalue weighted by molar-refractivity contribution is 0.270. The van der Waals surface area contributed by atoms with E-state index in [0.29, 0.717) is 48.0 Å². The van der Waals surface area contributed by atoms with Crippen molar-refractivity contribution in [3.05, 3.63) is 59.4 Å². The third-order valence-electron chi connectivity index (χ3n) is 5.27. The Bertz CT molecular complexity index is 1320. The monoisotopic (exact) mass is 419 g/mol. The predicted molar refractivity (Wildman–Crippen MR) is 109 cm³/mol. The topological polar surface area (TPSA) is 113 Å². The van der Waals surface area contributed by atoms with E-state index in [4.69, 9.17) is 4.74 Å². The number of aliphatic hydroxyl groups excluding tert-OH is 1. The van der Waals surface area contributed by atoms with Gasteiger partial charge in [0.1, 0.15) is 17.6 Å². The molecule has 0 radical (unpaired) electrons. The molecule has 0 saturated heterocycles. The van der Waals surface area contributed by atoms with Crippen LogP contribution in [0, 0.1) is 17.1 Å². The zero-order valence-corrected chi connectivity index (χ0v) is 16.4. The van der Waals surface area contributed by atoms with E-state index < -0.39 is 0 Å². The molecule has 0 unspecified atom stereocenters. The maximum absolute atomic E-state index is 14.5. The number of rotatable bonds is 6. The molecule has 0 spiro atoms. The molecule has 156 valence electrons. The molecule has 31 heavy (non-hydrogen) atoms. The molecule has 0 atom stereocenters. The Morgan fingerprint density at radius 2 is 2.23 bits per heavy atom. The van der Waals surface area contributed by atoms with Crippen molar-refractivity contribution < 1.29 is 14.2 Å². The molecule has 9 nitrogen and oxygen atoms in total. The van der Waals surface area contributed by atoms with E-state index >= 15 is 0 Å². The van der Waals surface area contributed by atoms with Crippen molar-refractivity contribution in [1.29, 1.82) is 5.26 Å². The summed E-state index contributed by atoms with van der Waals surface area (Å²) >= 11 is 0. The van der Waals surface area contributed by atoms with Crippen molar-refractivity contribution in [2.24, 2.45) is 0 Å². The number of nitrogens with one attached hydrogen (secondary N) is 1. The SMILES string of the molecule is N#Cc1cn2c(NCc3c(F)ccc4c3CCO4)ncc(-c3ccnn3CCO)c2n1.